The van der Waals surface area contributed by atoms with E-state index in [0.29, 0.717) is 24.5 Å². The van der Waals surface area contributed by atoms with E-state index in [9.17, 15) is 10.1 Å². The van der Waals surface area contributed by atoms with E-state index >= 15 is 0 Å². The number of nitriles is 1. The summed E-state index contributed by atoms with van der Waals surface area (Å²) in [5.74, 6) is 0.823. The first-order valence-corrected chi connectivity index (χ1v) is 5.20. The smallest absolute Gasteiger partial charge is 0.134 e. The Morgan fingerprint density at radius 1 is 1.38 bits per heavy atom. The maximum Gasteiger partial charge on any atom is 0.134 e. The zero-order chi connectivity index (χ0) is 9.31. The van der Waals surface area contributed by atoms with Gasteiger partial charge < -0.3 is 0 Å². The summed E-state index contributed by atoms with van der Waals surface area (Å²) >= 11 is 0. The van der Waals surface area contributed by atoms with Crippen molar-refractivity contribution in [1.29, 1.82) is 5.26 Å². The molecule has 0 N–H and O–H groups in total. The molecule has 0 aromatic heterocycles. The van der Waals surface area contributed by atoms with E-state index in [-0.39, 0.29) is 5.41 Å². The largest absolute Gasteiger partial charge is 0.300 e. The van der Waals surface area contributed by atoms with Crippen molar-refractivity contribution in [1.82, 2.24) is 0 Å². The second-order valence-corrected chi connectivity index (χ2v) is 4.46. The van der Waals surface area contributed by atoms with Crippen LogP contribution in [0.15, 0.2) is 0 Å². The van der Waals surface area contributed by atoms with Gasteiger partial charge in [-0.3, -0.25) is 4.79 Å². The zero-order valence-electron chi connectivity index (χ0n) is 7.88. The number of rotatable bonds is 0. The molecule has 0 amide bonds. The molecule has 2 saturated carbocycles. The van der Waals surface area contributed by atoms with E-state index < -0.39 is 0 Å². The molecule has 0 aromatic rings. The molecule has 2 aliphatic carbocycles. The minimum Gasteiger partial charge on any atom is -0.300 e. The van der Waals surface area contributed by atoms with Gasteiger partial charge in [-0.25, -0.2) is 0 Å². The number of hydrogen-bond acceptors (Lipinski definition) is 2. The van der Waals surface area contributed by atoms with Gasteiger partial charge in [0.25, 0.3) is 0 Å². The molecule has 2 nitrogen and oxygen atoms in total. The first-order chi connectivity index (χ1) is 6.27. The molecular weight excluding hydrogens is 162 g/mol. The van der Waals surface area contributed by atoms with Crippen LogP contribution in [0.5, 0.6) is 0 Å². The van der Waals surface area contributed by atoms with Crippen LogP contribution in [0.25, 0.3) is 0 Å². The first-order valence-electron chi connectivity index (χ1n) is 5.20. The number of Topliss-reactive ketones (excluding diaryl/α,β-unsaturated/α-hetero) is 1. The van der Waals surface area contributed by atoms with E-state index in [0.717, 1.165) is 19.3 Å². The Labute approximate surface area is 78.9 Å². The lowest BCUT2D eigenvalue weighted by Crippen LogP contribution is -2.38. The Hall–Kier alpha value is -0.840. The SMILES string of the molecule is N#C[C@@]12CCCC[C@H]1CCC(=O)C2. The lowest BCUT2D eigenvalue weighted by Gasteiger charge is -2.41. The van der Waals surface area contributed by atoms with Crippen molar-refractivity contribution < 1.29 is 4.79 Å². The van der Waals surface area contributed by atoms with Crippen molar-refractivity contribution in [3.63, 3.8) is 0 Å². The van der Waals surface area contributed by atoms with Crippen molar-refractivity contribution in [2.45, 2.75) is 44.9 Å². The van der Waals surface area contributed by atoms with Crippen molar-refractivity contribution in [2.75, 3.05) is 0 Å². The summed E-state index contributed by atoms with van der Waals surface area (Å²) in [6, 6.07) is 2.43. The number of nitrogens with zero attached hydrogens (tertiary/aromatic N) is 1. The molecule has 2 heteroatoms. The fourth-order valence-electron chi connectivity index (χ4n) is 2.93. The van der Waals surface area contributed by atoms with Crippen LogP contribution in [0.1, 0.15) is 44.9 Å². The normalized spacial score (nSPS) is 39.3. The molecule has 2 atom stereocenters. The highest BCUT2D eigenvalue weighted by atomic mass is 16.1. The van der Waals surface area contributed by atoms with E-state index in [1.54, 1.807) is 0 Å². The Morgan fingerprint density at radius 3 is 3.00 bits per heavy atom. The highest BCUT2D eigenvalue weighted by Gasteiger charge is 2.45. The van der Waals surface area contributed by atoms with Crippen LogP contribution in [0.4, 0.5) is 0 Å². The summed E-state index contributed by atoms with van der Waals surface area (Å²) in [7, 11) is 0. The minimum absolute atomic E-state index is 0.256. The molecule has 2 rings (SSSR count). The molecule has 0 spiro atoms. The van der Waals surface area contributed by atoms with Gasteiger partial charge in [0.05, 0.1) is 11.5 Å². The quantitative estimate of drug-likeness (QED) is 0.570. The highest BCUT2D eigenvalue weighted by molar-refractivity contribution is 5.80. The van der Waals surface area contributed by atoms with E-state index in [1.807, 2.05) is 0 Å². The van der Waals surface area contributed by atoms with Gasteiger partial charge in [-0.2, -0.15) is 5.26 Å². The summed E-state index contributed by atoms with van der Waals surface area (Å²) in [6.45, 7) is 0. The van der Waals surface area contributed by atoms with E-state index in [1.165, 1.54) is 12.8 Å². The number of ketones is 1. The molecule has 2 fully saturated rings. The van der Waals surface area contributed by atoms with Gasteiger partial charge in [0, 0.05) is 12.8 Å². The van der Waals surface area contributed by atoms with Crippen LogP contribution in [0, 0.1) is 22.7 Å². The van der Waals surface area contributed by atoms with Gasteiger partial charge in [-0.05, 0) is 25.2 Å². The zero-order valence-corrected chi connectivity index (χ0v) is 7.88. The minimum atomic E-state index is -0.256. The lowest BCUT2D eigenvalue weighted by atomic mass is 9.60. The third-order valence-electron chi connectivity index (χ3n) is 3.71. The van der Waals surface area contributed by atoms with Crippen molar-refractivity contribution >= 4 is 5.78 Å². The number of carbonyl (C=O) groups excluding carboxylic acids is 1. The Balaban J connectivity index is 2.22. The molecule has 0 bridgehead atoms. The molecule has 0 heterocycles. The fourth-order valence-corrected chi connectivity index (χ4v) is 2.93. The molecular formula is C11H15NO. The second kappa shape index (κ2) is 3.14. The van der Waals surface area contributed by atoms with Crippen LogP contribution < -0.4 is 0 Å². The second-order valence-electron chi connectivity index (χ2n) is 4.46. The standard InChI is InChI=1S/C11H15NO/c12-8-11-6-2-1-3-9(11)4-5-10(13)7-11/h9H,1-7H2/t9-,11-/m0/s1. The van der Waals surface area contributed by atoms with Gasteiger partial charge in [-0.1, -0.05) is 12.8 Å². The molecule has 13 heavy (non-hydrogen) atoms. The molecule has 0 unspecified atom stereocenters. The van der Waals surface area contributed by atoms with Gasteiger partial charge in [-0.15, -0.1) is 0 Å². The van der Waals surface area contributed by atoms with E-state index in [4.69, 9.17) is 0 Å². The summed E-state index contributed by atoms with van der Waals surface area (Å²) in [5.41, 5.74) is -0.256. The van der Waals surface area contributed by atoms with Gasteiger partial charge in [0.2, 0.25) is 0 Å². The highest BCUT2D eigenvalue weighted by Crippen LogP contribution is 2.48. The Bertz CT molecular complexity index is 266. The molecule has 0 saturated heterocycles. The summed E-state index contributed by atoms with van der Waals surface area (Å²) < 4.78 is 0. The van der Waals surface area contributed by atoms with Crippen LogP contribution in [-0.2, 0) is 4.79 Å². The van der Waals surface area contributed by atoms with E-state index in [2.05, 4.69) is 6.07 Å². The maximum absolute atomic E-state index is 11.3. The summed E-state index contributed by atoms with van der Waals surface area (Å²) in [5, 5.41) is 9.19. The monoisotopic (exact) mass is 177 g/mol. The summed E-state index contributed by atoms with van der Waals surface area (Å²) in [4.78, 5) is 11.3. The fraction of sp³-hybridized carbons (Fsp3) is 0.818. The third-order valence-corrected chi connectivity index (χ3v) is 3.71. The lowest BCUT2D eigenvalue weighted by molar-refractivity contribution is -0.125. The predicted octanol–water partition coefficient (Wildman–Crippen LogP) is 2.44. The number of hydrogen-bond donors (Lipinski definition) is 0. The average Bonchev–Trinajstić information content (AvgIpc) is 2.17. The molecule has 0 aliphatic heterocycles. The topological polar surface area (TPSA) is 40.9 Å². The van der Waals surface area contributed by atoms with Crippen LogP contribution in [-0.4, -0.2) is 5.78 Å². The maximum atomic E-state index is 11.3. The number of fused-ring (bicyclic) bond motifs is 1. The van der Waals surface area contributed by atoms with Crippen LogP contribution in [0.2, 0.25) is 0 Å². The summed E-state index contributed by atoms with van der Waals surface area (Å²) in [6.07, 6.45) is 6.73. The molecule has 2 aliphatic rings. The van der Waals surface area contributed by atoms with Gasteiger partial charge in [0.15, 0.2) is 0 Å². The Morgan fingerprint density at radius 2 is 2.23 bits per heavy atom. The molecule has 70 valence electrons. The molecule has 0 aromatic carbocycles. The van der Waals surface area contributed by atoms with Gasteiger partial charge >= 0.3 is 0 Å². The Kier molecular flexibility index (Phi) is 2.11. The van der Waals surface area contributed by atoms with Crippen LogP contribution in [0.3, 0.4) is 0 Å². The van der Waals surface area contributed by atoms with Crippen molar-refractivity contribution in [2.24, 2.45) is 11.3 Å². The average molecular weight is 177 g/mol. The third kappa shape index (κ3) is 1.37. The number of carbonyl (C=O) groups is 1. The van der Waals surface area contributed by atoms with Crippen LogP contribution >= 0.6 is 0 Å². The van der Waals surface area contributed by atoms with Crippen molar-refractivity contribution in [3.8, 4) is 6.07 Å². The first kappa shape index (κ1) is 8.74. The van der Waals surface area contributed by atoms with Gasteiger partial charge in [0.1, 0.15) is 5.78 Å². The molecule has 0 radical (unpaired) electrons. The van der Waals surface area contributed by atoms with Crippen molar-refractivity contribution in [3.05, 3.63) is 0 Å². The predicted molar refractivity (Wildman–Crippen MR) is 48.9 cm³/mol.